The highest BCUT2D eigenvalue weighted by Gasteiger charge is 2.21. The van der Waals surface area contributed by atoms with E-state index >= 15 is 0 Å². The highest BCUT2D eigenvalue weighted by Crippen LogP contribution is 2.17. The van der Waals surface area contributed by atoms with Crippen molar-refractivity contribution in [1.82, 2.24) is 10.2 Å². The molecule has 0 saturated carbocycles. The fourth-order valence-corrected chi connectivity index (χ4v) is 1.55. The molecule has 1 atom stereocenters. The third-order valence-electron chi connectivity index (χ3n) is 3.43. The van der Waals surface area contributed by atoms with E-state index in [2.05, 4.69) is 24.1 Å². The second kappa shape index (κ2) is 6.41. The summed E-state index contributed by atoms with van der Waals surface area (Å²) >= 11 is 0. The molecule has 0 aliphatic heterocycles. The van der Waals surface area contributed by atoms with E-state index in [-0.39, 0.29) is 17.6 Å². The minimum Gasteiger partial charge on any atom is -0.387 e. The van der Waals surface area contributed by atoms with Crippen molar-refractivity contribution < 1.29 is 13.9 Å². The maximum absolute atomic E-state index is 13.5. The first-order valence-corrected chi connectivity index (χ1v) is 6.25. The van der Waals surface area contributed by atoms with Gasteiger partial charge in [-0.25, -0.2) is 8.78 Å². The smallest absolute Gasteiger partial charge is 0.131 e. The number of aliphatic hydroxyl groups excluding tert-OH is 1. The third kappa shape index (κ3) is 4.53. The molecular formula is C14H22F2N2O. The monoisotopic (exact) mass is 272 g/mol. The van der Waals surface area contributed by atoms with Crippen LogP contribution in [0, 0.1) is 11.6 Å². The van der Waals surface area contributed by atoms with Crippen LogP contribution < -0.4 is 5.32 Å². The van der Waals surface area contributed by atoms with Crippen LogP contribution in [0.3, 0.4) is 0 Å². The van der Waals surface area contributed by atoms with Gasteiger partial charge in [0.25, 0.3) is 0 Å². The van der Waals surface area contributed by atoms with E-state index in [1.165, 1.54) is 6.07 Å². The molecule has 0 radical (unpaired) electrons. The summed E-state index contributed by atoms with van der Waals surface area (Å²) in [5, 5.41) is 13.0. The molecule has 2 N–H and O–H groups in total. The minimum atomic E-state index is -0.987. The van der Waals surface area contributed by atoms with Gasteiger partial charge in [0.05, 0.1) is 6.10 Å². The minimum absolute atomic E-state index is 0.0684. The second-order valence-corrected chi connectivity index (χ2v) is 5.52. The van der Waals surface area contributed by atoms with Crippen LogP contribution in [0.1, 0.15) is 25.5 Å². The first-order valence-electron chi connectivity index (χ1n) is 6.25. The molecular weight excluding hydrogens is 250 g/mol. The predicted molar refractivity (Wildman–Crippen MR) is 72.0 cm³/mol. The number of nitrogens with one attached hydrogen (secondary N) is 1. The van der Waals surface area contributed by atoms with E-state index in [9.17, 15) is 13.9 Å². The lowest BCUT2D eigenvalue weighted by atomic mass is 10.0. The second-order valence-electron chi connectivity index (χ2n) is 5.52. The van der Waals surface area contributed by atoms with E-state index in [4.69, 9.17) is 0 Å². The molecule has 1 aromatic rings. The van der Waals surface area contributed by atoms with E-state index in [0.717, 1.165) is 12.1 Å². The zero-order valence-electron chi connectivity index (χ0n) is 11.9. The van der Waals surface area contributed by atoms with Gasteiger partial charge in [0.15, 0.2) is 0 Å². The molecule has 0 amide bonds. The Morgan fingerprint density at radius 2 is 1.95 bits per heavy atom. The zero-order chi connectivity index (χ0) is 14.6. The Kier molecular flexibility index (Phi) is 5.40. The molecule has 5 heteroatoms. The van der Waals surface area contributed by atoms with E-state index in [0.29, 0.717) is 6.54 Å². The van der Waals surface area contributed by atoms with Crippen LogP contribution in [0.4, 0.5) is 8.78 Å². The summed E-state index contributed by atoms with van der Waals surface area (Å²) in [4.78, 5) is 2.06. The summed E-state index contributed by atoms with van der Waals surface area (Å²) < 4.78 is 26.2. The van der Waals surface area contributed by atoms with Gasteiger partial charge in [-0.2, -0.15) is 0 Å². The zero-order valence-corrected chi connectivity index (χ0v) is 11.9. The van der Waals surface area contributed by atoms with Crippen LogP contribution in [-0.4, -0.2) is 42.7 Å². The lowest BCUT2D eigenvalue weighted by molar-refractivity contribution is 0.149. The fourth-order valence-electron chi connectivity index (χ4n) is 1.55. The molecule has 0 aromatic heterocycles. The largest absolute Gasteiger partial charge is 0.387 e. The predicted octanol–water partition coefficient (Wildman–Crippen LogP) is 1.93. The van der Waals surface area contributed by atoms with E-state index < -0.39 is 17.7 Å². The van der Waals surface area contributed by atoms with Crippen molar-refractivity contribution in [2.45, 2.75) is 25.5 Å². The van der Waals surface area contributed by atoms with Crippen LogP contribution in [0.2, 0.25) is 0 Å². The molecule has 1 aromatic carbocycles. The Bertz CT molecular complexity index is 422. The van der Waals surface area contributed by atoms with Gasteiger partial charge in [-0.3, -0.25) is 0 Å². The fraction of sp³-hybridized carbons (Fsp3) is 0.571. The van der Waals surface area contributed by atoms with Gasteiger partial charge in [-0.05, 0) is 34.0 Å². The lowest BCUT2D eigenvalue weighted by Crippen LogP contribution is -2.47. The molecule has 1 rings (SSSR count). The standard InChI is InChI=1S/C14H22F2N2O/c1-14(2,18(3)4)9-17-8-13(19)11-6-5-10(15)7-12(11)16/h5-7,13,17,19H,8-9H2,1-4H3. The number of hydrogen-bond acceptors (Lipinski definition) is 3. The average molecular weight is 272 g/mol. The van der Waals surface area contributed by atoms with Crippen LogP contribution in [0.25, 0.3) is 0 Å². The molecule has 0 saturated heterocycles. The summed E-state index contributed by atoms with van der Waals surface area (Å²) in [6.07, 6.45) is -0.987. The van der Waals surface area contributed by atoms with Gasteiger partial charge in [0, 0.05) is 30.3 Å². The van der Waals surface area contributed by atoms with Gasteiger partial charge in [-0.1, -0.05) is 6.07 Å². The average Bonchev–Trinajstić information content (AvgIpc) is 2.28. The lowest BCUT2D eigenvalue weighted by Gasteiger charge is -2.33. The van der Waals surface area contributed by atoms with Gasteiger partial charge in [-0.15, -0.1) is 0 Å². The molecule has 0 aliphatic rings. The number of benzene rings is 1. The molecule has 0 bridgehead atoms. The summed E-state index contributed by atoms with van der Waals surface area (Å²) in [5.41, 5.74) is 0.0395. The Morgan fingerprint density at radius 3 is 2.47 bits per heavy atom. The molecule has 0 fully saturated rings. The summed E-state index contributed by atoms with van der Waals surface area (Å²) in [5.74, 6) is -1.36. The highest BCUT2D eigenvalue weighted by atomic mass is 19.1. The first-order chi connectivity index (χ1) is 8.74. The molecule has 1 unspecified atom stereocenters. The van der Waals surface area contributed by atoms with Crippen molar-refractivity contribution in [2.75, 3.05) is 27.2 Å². The Labute approximate surface area is 113 Å². The highest BCUT2D eigenvalue weighted by molar-refractivity contribution is 5.21. The maximum Gasteiger partial charge on any atom is 0.131 e. The SMILES string of the molecule is CN(C)C(C)(C)CNCC(O)c1ccc(F)cc1F. The molecule has 108 valence electrons. The topological polar surface area (TPSA) is 35.5 Å². The number of hydrogen-bond donors (Lipinski definition) is 2. The molecule has 0 heterocycles. The first kappa shape index (κ1) is 16.0. The van der Waals surface area contributed by atoms with Crippen LogP contribution >= 0.6 is 0 Å². The number of halogens is 2. The quantitative estimate of drug-likeness (QED) is 0.830. The van der Waals surface area contributed by atoms with Gasteiger partial charge < -0.3 is 15.3 Å². The van der Waals surface area contributed by atoms with Crippen LogP contribution in [-0.2, 0) is 0 Å². The van der Waals surface area contributed by atoms with Gasteiger partial charge >= 0.3 is 0 Å². The van der Waals surface area contributed by atoms with Gasteiger partial charge in [0.2, 0.25) is 0 Å². The molecule has 3 nitrogen and oxygen atoms in total. The van der Waals surface area contributed by atoms with Crippen LogP contribution in [0.5, 0.6) is 0 Å². The van der Waals surface area contributed by atoms with E-state index in [1.54, 1.807) is 0 Å². The Hall–Kier alpha value is -1.04. The number of likely N-dealkylation sites (N-methyl/N-ethyl adjacent to an activating group) is 1. The van der Waals surface area contributed by atoms with E-state index in [1.807, 2.05) is 14.1 Å². The van der Waals surface area contributed by atoms with Crippen molar-refractivity contribution >= 4 is 0 Å². The summed E-state index contributed by atoms with van der Waals surface area (Å²) in [6, 6.07) is 3.20. The van der Waals surface area contributed by atoms with Crippen molar-refractivity contribution in [1.29, 1.82) is 0 Å². The number of aliphatic hydroxyl groups is 1. The van der Waals surface area contributed by atoms with Crippen molar-refractivity contribution in [3.8, 4) is 0 Å². The van der Waals surface area contributed by atoms with Gasteiger partial charge in [0.1, 0.15) is 11.6 Å². The van der Waals surface area contributed by atoms with Crippen molar-refractivity contribution in [3.05, 3.63) is 35.4 Å². The number of rotatable bonds is 6. The summed E-state index contributed by atoms with van der Waals surface area (Å²) in [7, 11) is 3.94. The van der Waals surface area contributed by atoms with Crippen molar-refractivity contribution in [2.24, 2.45) is 0 Å². The third-order valence-corrected chi connectivity index (χ3v) is 3.43. The molecule has 0 spiro atoms. The Balaban J connectivity index is 2.54. The Morgan fingerprint density at radius 1 is 1.32 bits per heavy atom. The maximum atomic E-state index is 13.5. The summed E-state index contributed by atoms with van der Waals surface area (Å²) in [6.45, 7) is 5.00. The number of nitrogens with zero attached hydrogens (tertiary/aromatic N) is 1. The van der Waals surface area contributed by atoms with Crippen molar-refractivity contribution in [3.63, 3.8) is 0 Å². The molecule has 19 heavy (non-hydrogen) atoms. The van der Waals surface area contributed by atoms with Crippen LogP contribution in [0.15, 0.2) is 18.2 Å². The molecule has 0 aliphatic carbocycles. The normalized spacial score (nSPS) is 13.9.